The van der Waals surface area contributed by atoms with E-state index in [9.17, 15) is 0 Å². The van der Waals surface area contributed by atoms with Crippen LogP contribution in [0.15, 0.2) is 0 Å². The average molecular weight is 232 g/mol. The second-order valence-corrected chi connectivity index (χ2v) is 4.36. The molecule has 1 fully saturated rings. The van der Waals surface area contributed by atoms with E-state index in [1.807, 2.05) is 13.8 Å². The Morgan fingerprint density at radius 1 is 1.47 bits per heavy atom. The lowest BCUT2D eigenvalue weighted by Crippen LogP contribution is -2.16. The summed E-state index contributed by atoms with van der Waals surface area (Å²) in [4.78, 5) is 0. The van der Waals surface area contributed by atoms with Gasteiger partial charge in [0.15, 0.2) is 5.82 Å². The lowest BCUT2D eigenvalue weighted by molar-refractivity contribution is 0.187. The van der Waals surface area contributed by atoms with Crippen LogP contribution in [-0.2, 0) is 4.74 Å². The van der Waals surface area contributed by atoms with Gasteiger partial charge in [-0.2, -0.15) is 10.4 Å². The van der Waals surface area contributed by atoms with Gasteiger partial charge in [-0.25, -0.2) is 0 Å². The molecule has 17 heavy (non-hydrogen) atoms. The number of nitriles is 1. The van der Waals surface area contributed by atoms with Gasteiger partial charge in [-0.1, -0.05) is 0 Å². The fraction of sp³-hybridized carbons (Fsp3) is 0.583. The van der Waals surface area contributed by atoms with Crippen LogP contribution in [0.3, 0.4) is 0 Å². The molecule has 1 saturated heterocycles. The van der Waals surface area contributed by atoms with E-state index in [-0.39, 0.29) is 0 Å². The molecule has 1 aromatic rings. The van der Waals surface area contributed by atoms with E-state index >= 15 is 0 Å². The molecule has 1 aromatic heterocycles. The van der Waals surface area contributed by atoms with Gasteiger partial charge in [0.25, 0.3) is 0 Å². The van der Waals surface area contributed by atoms with Crippen molar-refractivity contribution in [2.24, 2.45) is 5.92 Å². The molecular weight excluding hydrogens is 216 g/mol. The predicted octanol–water partition coefficient (Wildman–Crippen LogP) is 1.41. The van der Waals surface area contributed by atoms with Crippen LogP contribution in [-0.4, -0.2) is 30.0 Å². The lowest BCUT2D eigenvalue weighted by Gasteiger charge is -2.12. The maximum absolute atomic E-state index is 9.13. The molecule has 0 aromatic carbocycles. The van der Waals surface area contributed by atoms with E-state index in [0.717, 1.165) is 37.4 Å². The first-order valence-corrected chi connectivity index (χ1v) is 5.78. The van der Waals surface area contributed by atoms with Crippen LogP contribution >= 0.6 is 0 Å². The molecule has 2 heterocycles. The molecule has 1 aliphatic rings. The minimum Gasteiger partial charge on any atom is -0.381 e. The fourth-order valence-electron chi connectivity index (χ4n) is 1.85. The molecule has 1 aliphatic heterocycles. The first-order chi connectivity index (χ1) is 8.22. The maximum atomic E-state index is 9.13. The fourth-order valence-corrected chi connectivity index (χ4v) is 1.85. The van der Waals surface area contributed by atoms with E-state index in [4.69, 9.17) is 10.00 Å². The number of rotatable bonds is 3. The van der Waals surface area contributed by atoms with Crippen molar-refractivity contribution in [3.63, 3.8) is 0 Å². The summed E-state index contributed by atoms with van der Waals surface area (Å²) in [5.41, 5.74) is 2.29. The van der Waals surface area contributed by atoms with Gasteiger partial charge >= 0.3 is 0 Å². The van der Waals surface area contributed by atoms with Crippen molar-refractivity contribution in [2.75, 3.05) is 25.1 Å². The molecule has 0 unspecified atom stereocenters. The molecule has 0 saturated carbocycles. The van der Waals surface area contributed by atoms with Crippen LogP contribution in [0.5, 0.6) is 0 Å². The SMILES string of the molecule is Cc1nnc(NC[C@H]2CCOC2)c(C#N)c1C. The summed E-state index contributed by atoms with van der Waals surface area (Å²) in [5.74, 6) is 1.09. The highest BCUT2D eigenvalue weighted by Crippen LogP contribution is 2.19. The Morgan fingerprint density at radius 2 is 2.29 bits per heavy atom. The maximum Gasteiger partial charge on any atom is 0.166 e. The summed E-state index contributed by atoms with van der Waals surface area (Å²) in [6.07, 6.45) is 1.06. The number of hydrogen-bond acceptors (Lipinski definition) is 5. The molecule has 1 N–H and O–H groups in total. The van der Waals surface area contributed by atoms with Crippen LogP contribution in [0.4, 0.5) is 5.82 Å². The number of nitrogens with zero attached hydrogens (tertiary/aromatic N) is 3. The number of aromatic nitrogens is 2. The summed E-state index contributed by atoms with van der Waals surface area (Å²) in [6, 6.07) is 2.18. The summed E-state index contributed by atoms with van der Waals surface area (Å²) in [6.45, 7) is 6.15. The first kappa shape index (κ1) is 11.8. The van der Waals surface area contributed by atoms with Crippen molar-refractivity contribution in [3.05, 3.63) is 16.8 Å². The van der Waals surface area contributed by atoms with Gasteiger partial charge in [-0.15, -0.1) is 5.10 Å². The number of ether oxygens (including phenoxy) is 1. The number of aryl methyl sites for hydroxylation is 1. The van der Waals surface area contributed by atoms with Crippen LogP contribution in [0.2, 0.25) is 0 Å². The van der Waals surface area contributed by atoms with Crippen LogP contribution in [0.25, 0.3) is 0 Å². The van der Waals surface area contributed by atoms with Crippen molar-refractivity contribution in [3.8, 4) is 6.07 Å². The van der Waals surface area contributed by atoms with Crippen molar-refractivity contribution < 1.29 is 4.74 Å². The normalized spacial score (nSPS) is 19.0. The van der Waals surface area contributed by atoms with Gasteiger partial charge in [0.05, 0.1) is 12.3 Å². The van der Waals surface area contributed by atoms with Crippen molar-refractivity contribution >= 4 is 5.82 Å². The molecule has 2 rings (SSSR count). The summed E-state index contributed by atoms with van der Waals surface area (Å²) >= 11 is 0. The topological polar surface area (TPSA) is 70.8 Å². The van der Waals surface area contributed by atoms with E-state index in [1.54, 1.807) is 0 Å². The third kappa shape index (κ3) is 2.53. The molecule has 90 valence electrons. The Bertz CT molecular complexity index is 447. The van der Waals surface area contributed by atoms with Gasteiger partial charge in [0.1, 0.15) is 11.6 Å². The van der Waals surface area contributed by atoms with Gasteiger partial charge in [0, 0.05) is 19.1 Å². The Morgan fingerprint density at radius 3 is 2.94 bits per heavy atom. The minimum atomic E-state index is 0.505. The van der Waals surface area contributed by atoms with Gasteiger partial charge in [-0.3, -0.25) is 0 Å². The van der Waals surface area contributed by atoms with E-state index in [0.29, 0.717) is 17.3 Å². The highest BCUT2D eigenvalue weighted by Gasteiger charge is 2.17. The molecule has 0 spiro atoms. The van der Waals surface area contributed by atoms with Crippen molar-refractivity contribution in [1.82, 2.24) is 10.2 Å². The van der Waals surface area contributed by atoms with E-state index < -0.39 is 0 Å². The first-order valence-electron chi connectivity index (χ1n) is 5.78. The number of nitrogens with one attached hydrogen (secondary N) is 1. The second kappa shape index (κ2) is 5.11. The zero-order valence-corrected chi connectivity index (χ0v) is 10.2. The largest absolute Gasteiger partial charge is 0.381 e. The van der Waals surface area contributed by atoms with Crippen LogP contribution < -0.4 is 5.32 Å². The summed E-state index contributed by atoms with van der Waals surface area (Å²) in [7, 11) is 0. The quantitative estimate of drug-likeness (QED) is 0.853. The average Bonchev–Trinajstić information content (AvgIpc) is 2.83. The van der Waals surface area contributed by atoms with E-state index in [2.05, 4.69) is 21.6 Å². The van der Waals surface area contributed by atoms with Gasteiger partial charge < -0.3 is 10.1 Å². The zero-order valence-electron chi connectivity index (χ0n) is 10.2. The third-order valence-corrected chi connectivity index (χ3v) is 3.15. The molecule has 0 bridgehead atoms. The molecule has 0 aliphatic carbocycles. The zero-order chi connectivity index (χ0) is 12.3. The lowest BCUT2D eigenvalue weighted by atomic mass is 10.1. The summed E-state index contributed by atoms with van der Waals surface area (Å²) < 4.78 is 5.30. The highest BCUT2D eigenvalue weighted by molar-refractivity contribution is 5.55. The molecular formula is C12H16N4O. The number of hydrogen-bond donors (Lipinski definition) is 1. The standard InChI is InChI=1S/C12H16N4O/c1-8-9(2)15-16-12(11(8)5-13)14-6-10-3-4-17-7-10/h10H,3-4,6-7H2,1-2H3,(H,14,16)/t10-/m1/s1. The van der Waals surface area contributed by atoms with Crippen molar-refractivity contribution in [1.29, 1.82) is 5.26 Å². The molecule has 1 atom stereocenters. The number of anilines is 1. The van der Waals surface area contributed by atoms with E-state index in [1.165, 1.54) is 0 Å². The molecule has 5 heteroatoms. The predicted molar refractivity (Wildman–Crippen MR) is 63.6 cm³/mol. The van der Waals surface area contributed by atoms with Gasteiger partial charge in [-0.05, 0) is 25.8 Å². The second-order valence-electron chi connectivity index (χ2n) is 4.36. The smallest absolute Gasteiger partial charge is 0.166 e. The van der Waals surface area contributed by atoms with Crippen molar-refractivity contribution in [2.45, 2.75) is 20.3 Å². The van der Waals surface area contributed by atoms with Crippen LogP contribution in [0.1, 0.15) is 23.2 Å². The minimum absolute atomic E-state index is 0.505. The van der Waals surface area contributed by atoms with Crippen LogP contribution in [0, 0.1) is 31.1 Å². The Kier molecular flexibility index (Phi) is 3.55. The molecule has 0 amide bonds. The monoisotopic (exact) mass is 232 g/mol. The van der Waals surface area contributed by atoms with Gasteiger partial charge in [0.2, 0.25) is 0 Å². The summed E-state index contributed by atoms with van der Waals surface area (Å²) in [5, 5.41) is 20.4. The Balaban J connectivity index is 2.10. The third-order valence-electron chi connectivity index (χ3n) is 3.15. The Hall–Kier alpha value is -1.67. The molecule has 0 radical (unpaired) electrons. The molecule has 5 nitrogen and oxygen atoms in total. The Labute approximate surface area is 101 Å². The highest BCUT2D eigenvalue weighted by atomic mass is 16.5.